The number of benzene rings is 1. The fraction of sp³-hybridized carbons (Fsp3) is 0.471. The van der Waals surface area contributed by atoms with Gasteiger partial charge in [-0.15, -0.1) is 0 Å². The number of hydrogen-bond donors (Lipinski definition) is 3. The number of carboxylic acids is 1. The first kappa shape index (κ1) is 18.7. The van der Waals surface area contributed by atoms with Crippen molar-refractivity contribution in [2.75, 3.05) is 5.32 Å². The molecule has 1 unspecified atom stereocenters. The summed E-state index contributed by atoms with van der Waals surface area (Å²) >= 11 is 0. The molecular weight excluding hydrogens is 296 g/mol. The maximum Gasteiger partial charge on any atom is 0.326 e. The Morgan fingerprint density at radius 2 is 1.65 bits per heavy atom. The van der Waals surface area contributed by atoms with Crippen LogP contribution in [0, 0.1) is 19.8 Å². The molecule has 126 valence electrons. The second kappa shape index (κ2) is 8.31. The van der Waals surface area contributed by atoms with Gasteiger partial charge in [0.2, 0.25) is 11.8 Å². The van der Waals surface area contributed by atoms with E-state index >= 15 is 0 Å². The van der Waals surface area contributed by atoms with Crippen LogP contribution in [-0.4, -0.2) is 28.9 Å². The van der Waals surface area contributed by atoms with Crippen LogP contribution in [0.4, 0.5) is 5.69 Å². The maximum absolute atomic E-state index is 11.9. The van der Waals surface area contributed by atoms with Crippen molar-refractivity contribution in [2.45, 2.75) is 46.6 Å². The number of hydrogen-bond acceptors (Lipinski definition) is 3. The van der Waals surface area contributed by atoms with E-state index in [0.717, 1.165) is 11.1 Å². The lowest BCUT2D eigenvalue weighted by Crippen LogP contribution is -2.44. The number of anilines is 1. The fourth-order valence-electron chi connectivity index (χ4n) is 2.03. The molecule has 1 aromatic rings. The summed E-state index contributed by atoms with van der Waals surface area (Å²) in [6.45, 7) is 7.37. The van der Waals surface area contributed by atoms with Crippen LogP contribution in [-0.2, 0) is 14.4 Å². The van der Waals surface area contributed by atoms with Crippen molar-refractivity contribution in [3.05, 3.63) is 29.3 Å². The Morgan fingerprint density at radius 1 is 1.04 bits per heavy atom. The summed E-state index contributed by atoms with van der Waals surface area (Å²) in [7, 11) is 0. The minimum atomic E-state index is -1.08. The van der Waals surface area contributed by atoms with Gasteiger partial charge in [0.05, 0.1) is 0 Å². The van der Waals surface area contributed by atoms with E-state index in [0.29, 0.717) is 5.69 Å². The maximum atomic E-state index is 11.9. The number of amides is 2. The summed E-state index contributed by atoms with van der Waals surface area (Å²) in [5, 5.41) is 14.2. The lowest BCUT2D eigenvalue weighted by molar-refractivity contribution is -0.143. The van der Waals surface area contributed by atoms with Crippen molar-refractivity contribution in [3.63, 3.8) is 0 Å². The molecule has 0 fully saturated rings. The molecule has 0 heterocycles. The van der Waals surface area contributed by atoms with Crippen LogP contribution in [0.15, 0.2) is 18.2 Å². The molecule has 1 atom stereocenters. The Bertz CT molecular complexity index is 596. The van der Waals surface area contributed by atoms with Gasteiger partial charge in [-0.25, -0.2) is 4.79 Å². The molecule has 2 amide bonds. The van der Waals surface area contributed by atoms with Crippen LogP contribution in [0.5, 0.6) is 0 Å². The molecule has 0 bridgehead atoms. The molecule has 0 saturated carbocycles. The first-order valence-electron chi connectivity index (χ1n) is 7.60. The molecule has 3 N–H and O–H groups in total. The molecule has 0 aliphatic heterocycles. The van der Waals surface area contributed by atoms with Crippen LogP contribution >= 0.6 is 0 Å². The molecule has 1 aromatic carbocycles. The van der Waals surface area contributed by atoms with E-state index in [4.69, 9.17) is 5.11 Å². The summed E-state index contributed by atoms with van der Waals surface area (Å²) < 4.78 is 0. The number of aliphatic carboxylic acids is 1. The van der Waals surface area contributed by atoms with E-state index in [9.17, 15) is 14.4 Å². The van der Waals surface area contributed by atoms with Crippen LogP contribution in [0.2, 0.25) is 0 Å². The Kier molecular flexibility index (Phi) is 6.75. The van der Waals surface area contributed by atoms with E-state index < -0.39 is 17.9 Å². The van der Waals surface area contributed by atoms with Crippen LogP contribution < -0.4 is 10.6 Å². The molecule has 1 rings (SSSR count). The summed E-state index contributed by atoms with van der Waals surface area (Å²) in [6, 6.07) is 4.65. The van der Waals surface area contributed by atoms with Crippen molar-refractivity contribution >= 4 is 23.5 Å². The van der Waals surface area contributed by atoms with Gasteiger partial charge >= 0.3 is 5.97 Å². The van der Waals surface area contributed by atoms with Gasteiger partial charge in [-0.1, -0.05) is 19.9 Å². The normalized spacial score (nSPS) is 11.9. The molecule has 0 aliphatic carbocycles. The quantitative estimate of drug-likeness (QED) is 0.718. The van der Waals surface area contributed by atoms with Gasteiger partial charge in [0, 0.05) is 18.5 Å². The first-order valence-corrected chi connectivity index (χ1v) is 7.60. The lowest BCUT2D eigenvalue weighted by atomic mass is 10.0. The second-order valence-electron chi connectivity index (χ2n) is 5.97. The zero-order valence-corrected chi connectivity index (χ0v) is 14.0. The molecule has 0 aromatic heterocycles. The van der Waals surface area contributed by atoms with Crippen molar-refractivity contribution in [3.8, 4) is 0 Å². The average Bonchev–Trinajstić information content (AvgIpc) is 2.45. The van der Waals surface area contributed by atoms with Crippen LogP contribution in [0.3, 0.4) is 0 Å². The van der Waals surface area contributed by atoms with E-state index in [2.05, 4.69) is 10.6 Å². The third-order valence-corrected chi connectivity index (χ3v) is 3.62. The van der Waals surface area contributed by atoms with E-state index in [1.807, 2.05) is 26.0 Å². The third-order valence-electron chi connectivity index (χ3n) is 3.62. The molecule has 6 nitrogen and oxygen atoms in total. The average molecular weight is 320 g/mol. The van der Waals surface area contributed by atoms with Gasteiger partial charge in [-0.2, -0.15) is 0 Å². The number of carbonyl (C=O) groups excluding carboxylic acids is 2. The topological polar surface area (TPSA) is 95.5 Å². The fourth-order valence-corrected chi connectivity index (χ4v) is 2.03. The third kappa shape index (κ3) is 6.10. The van der Waals surface area contributed by atoms with Crippen molar-refractivity contribution in [1.82, 2.24) is 5.32 Å². The highest BCUT2D eigenvalue weighted by Gasteiger charge is 2.23. The van der Waals surface area contributed by atoms with Crippen LogP contribution in [0.25, 0.3) is 0 Å². The Morgan fingerprint density at radius 3 is 2.17 bits per heavy atom. The predicted octanol–water partition coefficient (Wildman–Crippen LogP) is 2.25. The predicted molar refractivity (Wildman–Crippen MR) is 88.2 cm³/mol. The number of rotatable bonds is 7. The second-order valence-corrected chi connectivity index (χ2v) is 5.97. The summed E-state index contributed by atoms with van der Waals surface area (Å²) in [5.41, 5.74) is 2.89. The van der Waals surface area contributed by atoms with E-state index in [1.165, 1.54) is 0 Å². The Balaban J connectivity index is 2.47. The molecule has 0 saturated heterocycles. The molecular formula is C17H24N2O4. The summed E-state index contributed by atoms with van der Waals surface area (Å²) in [4.78, 5) is 34.6. The minimum absolute atomic E-state index is 0.00317. The standard InChI is InChI=1S/C17H24N2O4/c1-10(2)16(17(22)23)19-15(21)8-7-14(20)18-13-6-5-11(3)12(4)9-13/h5-6,9-10,16H,7-8H2,1-4H3,(H,18,20)(H,19,21)(H,22,23). The van der Waals surface area contributed by atoms with Crippen molar-refractivity contribution in [1.29, 1.82) is 0 Å². The van der Waals surface area contributed by atoms with Gasteiger partial charge in [0.25, 0.3) is 0 Å². The highest BCUT2D eigenvalue weighted by atomic mass is 16.4. The van der Waals surface area contributed by atoms with Gasteiger partial charge in [-0.05, 0) is 43.0 Å². The van der Waals surface area contributed by atoms with Crippen molar-refractivity contribution in [2.24, 2.45) is 5.92 Å². The SMILES string of the molecule is Cc1ccc(NC(=O)CCC(=O)NC(C(=O)O)C(C)C)cc1C. The Hall–Kier alpha value is -2.37. The minimum Gasteiger partial charge on any atom is -0.480 e. The van der Waals surface area contributed by atoms with E-state index in [1.54, 1.807) is 19.9 Å². The van der Waals surface area contributed by atoms with Gasteiger partial charge in [0.15, 0.2) is 0 Å². The zero-order valence-electron chi connectivity index (χ0n) is 14.0. The molecule has 0 radical (unpaired) electrons. The Labute approximate surface area is 136 Å². The monoisotopic (exact) mass is 320 g/mol. The lowest BCUT2D eigenvalue weighted by Gasteiger charge is -2.17. The first-order chi connectivity index (χ1) is 10.7. The number of carbonyl (C=O) groups is 3. The zero-order chi connectivity index (χ0) is 17.6. The van der Waals surface area contributed by atoms with E-state index in [-0.39, 0.29) is 24.7 Å². The number of aryl methyl sites for hydroxylation is 2. The highest BCUT2D eigenvalue weighted by Crippen LogP contribution is 2.14. The smallest absolute Gasteiger partial charge is 0.326 e. The number of nitrogens with one attached hydrogen (secondary N) is 2. The van der Waals surface area contributed by atoms with Gasteiger partial charge < -0.3 is 15.7 Å². The van der Waals surface area contributed by atoms with Crippen LogP contribution in [0.1, 0.15) is 37.8 Å². The largest absolute Gasteiger partial charge is 0.480 e. The summed E-state index contributed by atoms with van der Waals surface area (Å²) in [6.07, 6.45) is -0.0453. The summed E-state index contributed by atoms with van der Waals surface area (Å²) in [5.74, 6) is -2.02. The molecule has 0 aliphatic rings. The molecule has 0 spiro atoms. The van der Waals surface area contributed by atoms with Crippen molar-refractivity contribution < 1.29 is 19.5 Å². The van der Waals surface area contributed by atoms with Gasteiger partial charge in [-0.3, -0.25) is 9.59 Å². The molecule has 6 heteroatoms. The highest BCUT2D eigenvalue weighted by molar-refractivity contribution is 5.93. The van der Waals surface area contributed by atoms with Gasteiger partial charge in [0.1, 0.15) is 6.04 Å². The molecule has 23 heavy (non-hydrogen) atoms. The number of carboxylic acid groups (broad SMARTS) is 1.